The van der Waals surface area contributed by atoms with Crippen molar-refractivity contribution in [1.29, 1.82) is 0 Å². The first kappa shape index (κ1) is 22.0. The summed E-state index contributed by atoms with van der Waals surface area (Å²) in [5, 5.41) is 8.96. The Morgan fingerprint density at radius 3 is 2.26 bits per heavy atom. The van der Waals surface area contributed by atoms with Crippen LogP contribution >= 0.6 is 34.4 Å². The van der Waals surface area contributed by atoms with Gasteiger partial charge < -0.3 is 10.6 Å². The average molecular weight is 494 g/mol. The van der Waals surface area contributed by atoms with Gasteiger partial charge in [0.15, 0.2) is 0 Å². The molecule has 2 amide bonds. The number of sulfonamides is 1. The SMILES string of the molecule is O=C(Nc1cccc(NC(=O)c2sccc2S(=O)(=O)N2CCSCC2)c1)c1cccs1. The number of hydrogen-bond acceptors (Lipinski definition) is 7. The van der Waals surface area contributed by atoms with Crippen molar-refractivity contribution in [3.8, 4) is 0 Å². The molecule has 162 valence electrons. The summed E-state index contributed by atoms with van der Waals surface area (Å²) in [5.74, 6) is 0.760. The molecule has 0 unspecified atom stereocenters. The molecule has 0 atom stereocenters. The van der Waals surface area contributed by atoms with Gasteiger partial charge in [-0.05, 0) is 41.1 Å². The fraction of sp³-hybridized carbons (Fsp3) is 0.200. The first-order valence-corrected chi connectivity index (χ1v) is 13.7. The standard InChI is InChI=1S/C20H19N3O4S4/c24-19(16-5-2-9-29-16)21-14-3-1-4-15(13-14)22-20(25)18-17(6-10-30-18)31(26,27)23-7-11-28-12-8-23/h1-6,9-10,13H,7-8,11-12H2,(H,21,24)(H,22,25). The number of carbonyl (C=O) groups excluding carboxylic acids is 2. The van der Waals surface area contributed by atoms with Crippen LogP contribution in [0, 0.1) is 0 Å². The third kappa shape index (κ3) is 5.01. The van der Waals surface area contributed by atoms with Gasteiger partial charge in [-0.25, -0.2) is 8.42 Å². The molecule has 0 spiro atoms. The maximum atomic E-state index is 13.0. The summed E-state index contributed by atoms with van der Waals surface area (Å²) in [6.45, 7) is 0.881. The number of carbonyl (C=O) groups is 2. The molecule has 0 radical (unpaired) electrons. The molecular weight excluding hydrogens is 475 g/mol. The lowest BCUT2D eigenvalue weighted by Crippen LogP contribution is -2.38. The summed E-state index contributed by atoms with van der Waals surface area (Å²) >= 11 is 4.14. The Kier molecular flexibility index (Phi) is 6.77. The highest BCUT2D eigenvalue weighted by Gasteiger charge is 2.31. The van der Waals surface area contributed by atoms with E-state index < -0.39 is 15.9 Å². The molecule has 0 aliphatic carbocycles. The van der Waals surface area contributed by atoms with Gasteiger partial charge in [-0.1, -0.05) is 12.1 Å². The normalized spacial score (nSPS) is 14.8. The molecule has 1 aromatic carbocycles. The van der Waals surface area contributed by atoms with Gasteiger partial charge in [0.05, 0.1) is 4.88 Å². The third-order valence-corrected chi connectivity index (χ3v) is 9.34. The van der Waals surface area contributed by atoms with Crippen molar-refractivity contribution in [2.75, 3.05) is 35.2 Å². The van der Waals surface area contributed by atoms with E-state index in [1.165, 1.54) is 21.7 Å². The summed E-state index contributed by atoms with van der Waals surface area (Å²) in [5.41, 5.74) is 0.987. The van der Waals surface area contributed by atoms with Gasteiger partial charge in [0.2, 0.25) is 10.0 Å². The average Bonchev–Trinajstić information content (AvgIpc) is 3.47. The lowest BCUT2D eigenvalue weighted by molar-refractivity contribution is 0.102. The molecule has 4 rings (SSSR count). The maximum Gasteiger partial charge on any atom is 0.267 e. The van der Waals surface area contributed by atoms with Crippen LogP contribution in [0.2, 0.25) is 0 Å². The monoisotopic (exact) mass is 493 g/mol. The van der Waals surface area contributed by atoms with Crippen LogP contribution in [-0.2, 0) is 10.0 Å². The van der Waals surface area contributed by atoms with Crippen molar-refractivity contribution in [2.24, 2.45) is 0 Å². The van der Waals surface area contributed by atoms with E-state index in [0.29, 0.717) is 29.3 Å². The number of nitrogens with zero attached hydrogens (tertiary/aromatic N) is 1. The van der Waals surface area contributed by atoms with E-state index in [9.17, 15) is 18.0 Å². The predicted molar refractivity (Wildman–Crippen MR) is 127 cm³/mol. The van der Waals surface area contributed by atoms with Crippen LogP contribution in [0.25, 0.3) is 0 Å². The highest BCUT2D eigenvalue weighted by atomic mass is 32.2. The van der Waals surface area contributed by atoms with E-state index in [4.69, 9.17) is 0 Å². The summed E-state index contributed by atoms with van der Waals surface area (Å²) in [6, 6.07) is 11.7. The van der Waals surface area contributed by atoms with Gasteiger partial charge in [0.25, 0.3) is 11.8 Å². The van der Waals surface area contributed by atoms with Gasteiger partial charge in [0.1, 0.15) is 9.77 Å². The van der Waals surface area contributed by atoms with Gasteiger partial charge in [0, 0.05) is 36.0 Å². The van der Waals surface area contributed by atoms with Gasteiger partial charge in [-0.2, -0.15) is 16.1 Å². The molecular formula is C20H19N3O4S4. The van der Waals surface area contributed by atoms with Crippen LogP contribution in [0.5, 0.6) is 0 Å². The molecule has 11 heteroatoms. The lowest BCUT2D eigenvalue weighted by atomic mass is 10.2. The van der Waals surface area contributed by atoms with Crippen LogP contribution < -0.4 is 10.6 Å². The van der Waals surface area contributed by atoms with E-state index in [1.54, 1.807) is 53.5 Å². The second-order valence-corrected chi connectivity index (χ2v) is 11.6. The molecule has 1 aliphatic rings. The topological polar surface area (TPSA) is 95.6 Å². The Morgan fingerprint density at radius 2 is 1.58 bits per heavy atom. The van der Waals surface area contributed by atoms with E-state index in [-0.39, 0.29) is 15.7 Å². The molecule has 0 saturated carbocycles. The zero-order valence-electron chi connectivity index (χ0n) is 16.2. The fourth-order valence-electron chi connectivity index (χ4n) is 3.06. The number of nitrogens with one attached hydrogen (secondary N) is 2. The van der Waals surface area contributed by atoms with Crippen molar-refractivity contribution in [2.45, 2.75) is 4.90 Å². The van der Waals surface area contributed by atoms with E-state index in [0.717, 1.165) is 22.8 Å². The van der Waals surface area contributed by atoms with Crippen LogP contribution in [-0.4, -0.2) is 49.1 Å². The molecule has 3 aromatic rings. The van der Waals surface area contributed by atoms with Crippen LogP contribution in [0.1, 0.15) is 19.3 Å². The first-order valence-electron chi connectivity index (χ1n) is 9.37. The fourth-order valence-corrected chi connectivity index (χ4v) is 7.55. The maximum absolute atomic E-state index is 13.0. The summed E-state index contributed by atoms with van der Waals surface area (Å²) in [6.07, 6.45) is 0. The van der Waals surface area contributed by atoms with Crippen LogP contribution in [0.15, 0.2) is 58.1 Å². The number of hydrogen-bond donors (Lipinski definition) is 2. The quantitative estimate of drug-likeness (QED) is 0.540. The highest BCUT2D eigenvalue weighted by Crippen LogP contribution is 2.28. The van der Waals surface area contributed by atoms with Crippen molar-refractivity contribution in [3.05, 3.63) is 63.0 Å². The molecule has 2 aromatic heterocycles. The van der Waals surface area contributed by atoms with Crippen molar-refractivity contribution >= 4 is 67.6 Å². The number of thiophene rings is 2. The first-order chi connectivity index (χ1) is 14.9. The number of amides is 2. The largest absolute Gasteiger partial charge is 0.321 e. The van der Waals surface area contributed by atoms with Crippen molar-refractivity contribution in [1.82, 2.24) is 4.31 Å². The predicted octanol–water partition coefficient (Wildman–Crippen LogP) is 4.05. The van der Waals surface area contributed by atoms with E-state index in [2.05, 4.69) is 10.6 Å². The van der Waals surface area contributed by atoms with Crippen LogP contribution in [0.4, 0.5) is 11.4 Å². The number of rotatable bonds is 6. The zero-order chi connectivity index (χ0) is 21.8. The smallest absolute Gasteiger partial charge is 0.267 e. The number of thioether (sulfide) groups is 1. The van der Waals surface area contributed by atoms with Gasteiger partial charge in [-0.15, -0.1) is 22.7 Å². The Morgan fingerprint density at radius 1 is 0.871 bits per heavy atom. The second kappa shape index (κ2) is 9.53. The summed E-state index contributed by atoms with van der Waals surface area (Å²) in [7, 11) is -3.72. The van der Waals surface area contributed by atoms with Gasteiger partial charge >= 0.3 is 0 Å². The van der Waals surface area contributed by atoms with Crippen molar-refractivity contribution < 1.29 is 18.0 Å². The lowest BCUT2D eigenvalue weighted by Gasteiger charge is -2.25. The molecule has 0 bridgehead atoms. The third-order valence-electron chi connectivity index (χ3n) is 4.55. The van der Waals surface area contributed by atoms with E-state index in [1.807, 2.05) is 5.38 Å². The molecule has 7 nitrogen and oxygen atoms in total. The molecule has 1 saturated heterocycles. The molecule has 1 aliphatic heterocycles. The van der Waals surface area contributed by atoms with Crippen molar-refractivity contribution in [3.63, 3.8) is 0 Å². The Labute approximate surface area is 192 Å². The summed E-state index contributed by atoms with van der Waals surface area (Å²) in [4.78, 5) is 25.9. The molecule has 31 heavy (non-hydrogen) atoms. The number of benzene rings is 1. The molecule has 2 N–H and O–H groups in total. The minimum atomic E-state index is -3.72. The van der Waals surface area contributed by atoms with Crippen LogP contribution in [0.3, 0.4) is 0 Å². The zero-order valence-corrected chi connectivity index (χ0v) is 19.5. The highest BCUT2D eigenvalue weighted by molar-refractivity contribution is 7.99. The second-order valence-electron chi connectivity index (χ2n) is 6.60. The Balaban J connectivity index is 1.49. The van der Waals surface area contributed by atoms with Gasteiger partial charge in [-0.3, -0.25) is 9.59 Å². The Hall–Kier alpha value is -2.18. The summed E-state index contributed by atoms with van der Waals surface area (Å²) < 4.78 is 27.5. The molecule has 1 fully saturated rings. The Bertz CT molecular complexity index is 1180. The minimum absolute atomic E-state index is 0.0315. The minimum Gasteiger partial charge on any atom is -0.321 e. The van der Waals surface area contributed by atoms with E-state index >= 15 is 0 Å². The molecule has 3 heterocycles. The number of anilines is 2.